The maximum absolute atomic E-state index is 5.50. The highest BCUT2D eigenvalue weighted by Crippen LogP contribution is 2.19. The first-order chi connectivity index (χ1) is 8.52. The summed E-state index contributed by atoms with van der Waals surface area (Å²) >= 11 is 0. The summed E-state index contributed by atoms with van der Waals surface area (Å²) in [5, 5.41) is 0. The molecule has 0 fully saturated rings. The van der Waals surface area contributed by atoms with E-state index in [0.29, 0.717) is 6.54 Å². The fraction of sp³-hybridized carbons (Fsp3) is 0.333. The Kier molecular flexibility index (Phi) is 4.98. The number of aryl methyl sites for hydroxylation is 1. The zero-order valence-corrected chi connectivity index (χ0v) is 10.7. The van der Waals surface area contributed by atoms with Crippen molar-refractivity contribution in [3.8, 4) is 5.75 Å². The maximum atomic E-state index is 5.50. The molecule has 6 heteroatoms. The lowest BCUT2D eigenvalue weighted by Crippen LogP contribution is -2.26. The van der Waals surface area contributed by atoms with Gasteiger partial charge in [-0.1, -0.05) is 12.1 Å². The van der Waals surface area contributed by atoms with E-state index in [4.69, 9.17) is 21.9 Å². The van der Waals surface area contributed by atoms with Crippen LogP contribution in [0.15, 0.2) is 28.2 Å². The fourth-order valence-corrected chi connectivity index (χ4v) is 1.49. The van der Waals surface area contributed by atoms with Crippen molar-refractivity contribution >= 4 is 11.9 Å². The second-order valence-electron chi connectivity index (χ2n) is 3.83. The first-order valence-electron chi connectivity index (χ1n) is 5.56. The minimum atomic E-state index is -0.0896. The summed E-state index contributed by atoms with van der Waals surface area (Å²) in [6.45, 7) is 2.52. The lowest BCUT2D eigenvalue weighted by Gasteiger charge is -2.06. The fourth-order valence-electron chi connectivity index (χ4n) is 1.49. The number of hydrogen-bond acceptors (Lipinski definition) is 2. The topological polar surface area (TPSA) is 112 Å². The number of guanidine groups is 2. The summed E-state index contributed by atoms with van der Waals surface area (Å²) < 4.78 is 5.25. The molecule has 0 aromatic heterocycles. The van der Waals surface area contributed by atoms with Crippen LogP contribution in [0, 0.1) is 6.92 Å². The number of methoxy groups -OCH3 is 1. The molecule has 0 spiro atoms. The van der Waals surface area contributed by atoms with Gasteiger partial charge in [-0.2, -0.15) is 4.99 Å². The van der Waals surface area contributed by atoms with Gasteiger partial charge in [-0.25, -0.2) is 0 Å². The molecule has 0 saturated carbocycles. The van der Waals surface area contributed by atoms with E-state index < -0.39 is 0 Å². The Bertz CT molecular complexity index is 464. The van der Waals surface area contributed by atoms with Gasteiger partial charge in [0.2, 0.25) is 5.96 Å². The van der Waals surface area contributed by atoms with E-state index in [1.807, 2.05) is 25.1 Å². The monoisotopic (exact) mass is 249 g/mol. The van der Waals surface area contributed by atoms with Gasteiger partial charge >= 0.3 is 0 Å². The first kappa shape index (κ1) is 13.8. The minimum Gasteiger partial charge on any atom is -0.496 e. The van der Waals surface area contributed by atoms with Gasteiger partial charge in [-0.15, -0.1) is 0 Å². The lowest BCUT2D eigenvalue weighted by atomic mass is 10.1. The van der Waals surface area contributed by atoms with E-state index in [1.54, 1.807) is 7.11 Å². The number of benzene rings is 1. The molecule has 6 N–H and O–H groups in total. The predicted molar refractivity (Wildman–Crippen MR) is 73.7 cm³/mol. The van der Waals surface area contributed by atoms with Gasteiger partial charge in [-0.05, 0) is 30.5 Å². The highest BCUT2D eigenvalue weighted by molar-refractivity contribution is 5.92. The van der Waals surface area contributed by atoms with Gasteiger partial charge in [0.05, 0.1) is 7.11 Å². The summed E-state index contributed by atoms with van der Waals surface area (Å²) in [5.74, 6) is 0.871. The molecule has 0 aliphatic carbocycles. The van der Waals surface area contributed by atoms with E-state index in [2.05, 4.69) is 9.98 Å². The van der Waals surface area contributed by atoms with Crippen molar-refractivity contribution in [2.24, 2.45) is 27.2 Å². The van der Waals surface area contributed by atoms with Crippen molar-refractivity contribution in [2.75, 3.05) is 13.7 Å². The Balaban J connectivity index is 2.62. The Morgan fingerprint density at radius 2 is 2.00 bits per heavy atom. The number of rotatable bonds is 4. The molecule has 0 radical (unpaired) electrons. The second-order valence-corrected chi connectivity index (χ2v) is 3.83. The third-order valence-electron chi connectivity index (χ3n) is 2.39. The smallest absolute Gasteiger partial charge is 0.218 e. The average Bonchev–Trinajstić information content (AvgIpc) is 2.30. The predicted octanol–water partition coefficient (Wildman–Crippen LogP) is 0.134. The van der Waals surface area contributed by atoms with Crippen molar-refractivity contribution in [1.82, 2.24) is 0 Å². The standard InChI is InChI=1S/C12H19N5O/c1-8-3-4-9(7-10(8)18-2)5-6-16-12(15)17-11(13)14/h3-4,7H,5-6H2,1-2H3,(H6,13,14,15,16,17). The Morgan fingerprint density at radius 1 is 1.28 bits per heavy atom. The van der Waals surface area contributed by atoms with Crippen LogP contribution in [0.1, 0.15) is 11.1 Å². The molecule has 0 aliphatic heterocycles. The van der Waals surface area contributed by atoms with Crippen LogP contribution < -0.4 is 21.9 Å². The van der Waals surface area contributed by atoms with Crippen LogP contribution in [-0.2, 0) is 6.42 Å². The van der Waals surface area contributed by atoms with Crippen LogP contribution >= 0.6 is 0 Å². The summed E-state index contributed by atoms with van der Waals surface area (Å²) in [4.78, 5) is 7.68. The van der Waals surface area contributed by atoms with Gasteiger partial charge in [-0.3, -0.25) is 4.99 Å². The molecule has 1 aromatic rings. The number of aliphatic imine (C=N–C) groups is 2. The van der Waals surface area contributed by atoms with Crippen LogP contribution in [-0.4, -0.2) is 25.6 Å². The van der Waals surface area contributed by atoms with Gasteiger partial charge in [0.1, 0.15) is 5.75 Å². The molecule has 0 unspecified atom stereocenters. The summed E-state index contributed by atoms with van der Waals surface area (Å²) in [6, 6.07) is 6.03. The Labute approximate surface area is 107 Å². The van der Waals surface area contributed by atoms with Gasteiger partial charge in [0.15, 0.2) is 5.96 Å². The summed E-state index contributed by atoms with van der Waals surface area (Å²) in [6.07, 6.45) is 0.747. The van der Waals surface area contributed by atoms with Gasteiger partial charge in [0.25, 0.3) is 0 Å². The van der Waals surface area contributed by atoms with Crippen molar-refractivity contribution in [1.29, 1.82) is 0 Å². The Hall–Kier alpha value is -2.24. The molecule has 6 nitrogen and oxygen atoms in total. The lowest BCUT2D eigenvalue weighted by molar-refractivity contribution is 0.411. The van der Waals surface area contributed by atoms with Crippen LogP contribution in [0.4, 0.5) is 0 Å². The SMILES string of the molecule is COc1cc(CCN=C(N)N=C(N)N)ccc1C. The molecule has 1 aromatic carbocycles. The summed E-state index contributed by atoms with van der Waals surface area (Å²) in [7, 11) is 1.65. The number of hydrogen-bond donors (Lipinski definition) is 3. The van der Waals surface area contributed by atoms with Crippen LogP contribution in [0.5, 0.6) is 5.75 Å². The molecule has 0 saturated heterocycles. The largest absolute Gasteiger partial charge is 0.496 e. The second kappa shape index (κ2) is 6.48. The molecule has 0 heterocycles. The normalized spacial score (nSPS) is 11.1. The zero-order chi connectivity index (χ0) is 13.5. The molecule has 0 amide bonds. The third kappa shape index (κ3) is 4.32. The first-order valence-corrected chi connectivity index (χ1v) is 5.56. The van der Waals surface area contributed by atoms with Crippen LogP contribution in [0.2, 0.25) is 0 Å². The molecule has 98 valence electrons. The molecule has 18 heavy (non-hydrogen) atoms. The molecular formula is C12H19N5O. The minimum absolute atomic E-state index is 0.0896. The molecular weight excluding hydrogens is 230 g/mol. The average molecular weight is 249 g/mol. The summed E-state index contributed by atoms with van der Waals surface area (Å²) in [5.41, 5.74) is 18.1. The molecule has 0 bridgehead atoms. The highest BCUT2D eigenvalue weighted by atomic mass is 16.5. The molecule has 0 atom stereocenters. The van der Waals surface area contributed by atoms with Crippen molar-refractivity contribution < 1.29 is 4.74 Å². The van der Waals surface area contributed by atoms with Gasteiger partial charge < -0.3 is 21.9 Å². The van der Waals surface area contributed by atoms with E-state index in [9.17, 15) is 0 Å². The van der Waals surface area contributed by atoms with Crippen molar-refractivity contribution in [3.63, 3.8) is 0 Å². The zero-order valence-electron chi connectivity index (χ0n) is 10.7. The molecule has 0 aliphatic rings. The van der Waals surface area contributed by atoms with Crippen LogP contribution in [0.25, 0.3) is 0 Å². The molecule has 1 rings (SSSR count). The van der Waals surface area contributed by atoms with Gasteiger partial charge in [0, 0.05) is 6.54 Å². The van der Waals surface area contributed by atoms with E-state index in [1.165, 1.54) is 0 Å². The quantitative estimate of drug-likeness (QED) is 0.520. The number of nitrogens with zero attached hydrogens (tertiary/aromatic N) is 2. The van der Waals surface area contributed by atoms with E-state index in [-0.39, 0.29) is 11.9 Å². The van der Waals surface area contributed by atoms with E-state index >= 15 is 0 Å². The van der Waals surface area contributed by atoms with E-state index in [0.717, 1.165) is 23.3 Å². The number of ether oxygens (including phenoxy) is 1. The highest BCUT2D eigenvalue weighted by Gasteiger charge is 2.00. The Morgan fingerprint density at radius 3 is 2.61 bits per heavy atom. The van der Waals surface area contributed by atoms with Crippen molar-refractivity contribution in [3.05, 3.63) is 29.3 Å². The number of nitrogens with two attached hydrogens (primary N) is 3. The maximum Gasteiger partial charge on any atom is 0.218 e. The van der Waals surface area contributed by atoms with Crippen LogP contribution in [0.3, 0.4) is 0 Å². The third-order valence-corrected chi connectivity index (χ3v) is 2.39. The van der Waals surface area contributed by atoms with Crippen molar-refractivity contribution in [2.45, 2.75) is 13.3 Å².